The van der Waals surface area contributed by atoms with E-state index < -0.39 is 5.97 Å². The fourth-order valence-electron chi connectivity index (χ4n) is 4.52. The van der Waals surface area contributed by atoms with Crippen LogP contribution in [0.2, 0.25) is 5.02 Å². The Hall–Kier alpha value is -2.63. The van der Waals surface area contributed by atoms with E-state index in [-0.39, 0.29) is 31.3 Å². The van der Waals surface area contributed by atoms with E-state index in [1.54, 1.807) is 23.6 Å². The number of benzene rings is 2. The molecule has 6 heteroatoms. The van der Waals surface area contributed by atoms with Crippen LogP contribution in [0, 0.1) is 5.92 Å². The predicted octanol–water partition coefficient (Wildman–Crippen LogP) is 6.27. The normalized spacial score (nSPS) is 12.2. The Kier molecular flexibility index (Phi) is 9.10. The van der Waals surface area contributed by atoms with Gasteiger partial charge in [-0.05, 0) is 55.4 Å². The van der Waals surface area contributed by atoms with Gasteiger partial charge in [0.1, 0.15) is 6.73 Å². The molecule has 0 aliphatic carbocycles. The Morgan fingerprint density at radius 1 is 0.970 bits per heavy atom. The monoisotopic (exact) mass is 469 g/mol. The van der Waals surface area contributed by atoms with E-state index in [1.165, 1.54) is 5.56 Å². The van der Waals surface area contributed by atoms with Crippen LogP contribution in [0.1, 0.15) is 67.1 Å². The molecule has 0 bridgehead atoms. The highest BCUT2D eigenvalue weighted by Crippen LogP contribution is 2.32. The number of unbranched alkanes of at least 4 members (excludes halogenated alkanes) is 3. The fraction of sp³-hybridized carbons (Fsp3) is 0.407. The van der Waals surface area contributed by atoms with E-state index in [1.807, 2.05) is 12.1 Å². The van der Waals surface area contributed by atoms with Crippen LogP contribution in [0.3, 0.4) is 0 Å². The van der Waals surface area contributed by atoms with Crippen molar-refractivity contribution in [2.24, 2.45) is 5.92 Å². The molecule has 0 radical (unpaired) electrons. The molecular weight excluding hydrogens is 438 g/mol. The summed E-state index contributed by atoms with van der Waals surface area (Å²) in [6, 6.07) is 15.8. The minimum absolute atomic E-state index is 0.0537. The number of halogens is 1. The summed E-state index contributed by atoms with van der Waals surface area (Å²) in [7, 11) is 0. The number of rotatable bonds is 13. The fourth-order valence-corrected chi connectivity index (χ4v) is 4.69. The lowest BCUT2D eigenvalue weighted by molar-refractivity contribution is -0.137. The molecule has 0 fully saturated rings. The van der Waals surface area contributed by atoms with Crippen molar-refractivity contribution >= 4 is 34.3 Å². The molecule has 1 heterocycles. The molecule has 0 unspecified atom stereocenters. The third kappa shape index (κ3) is 6.68. The second kappa shape index (κ2) is 12.0. The van der Waals surface area contributed by atoms with Gasteiger partial charge in [0.05, 0.1) is 5.52 Å². The van der Waals surface area contributed by atoms with E-state index in [0.29, 0.717) is 17.0 Å². The van der Waals surface area contributed by atoms with Crippen molar-refractivity contribution in [3.63, 3.8) is 0 Å². The van der Waals surface area contributed by atoms with E-state index in [9.17, 15) is 14.7 Å². The number of aliphatic hydroxyl groups excluding tert-OH is 1. The number of fused-ring (bicyclic) bond motifs is 1. The molecule has 0 aliphatic rings. The third-order valence-electron chi connectivity index (χ3n) is 6.08. The van der Waals surface area contributed by atoms with Crippen molar-refractivity contribution in [1.82, 2.24) is 4.57 Å². The third-order valence-corrected chi connectivity index (χ3v) is 6.32. The number of nitrogens with zero attached hydrogens (tertiary/aromatic N) is 1. The van der Waals surface area contributed by atoms with Gasteiger partial charge < -0.3 is 14.8 Å². The van der Waals surface area contributed by atoms with Gasteiger partial charge in [-0.15, -0.1) is 0 Å². The molecule has 1 aromatic heterocycles. The van der Waals surface area contributed by atoms with Crippen LogP contribution in [-0.2, 0) is 24.4 Å². The molecule has 0 saturated carbocycles. The van der Waals surface area contributed by atoms with Gasteiger partial charge in [0.15, 0.2) is 5.78 Å². The lowest BCUT2D eigenvalue weighted by Crippen LogP contribution is -2.13. The second-order valence-corrected chi connectivity index (χ2v) is 9.22. The first-order valence-corrected chi connectivity index (χ1v) is 12.0. The number of carbonyl (C=O) groups is 2. The Morgan fingerprint density at radius 3 is 2.33 bits per heavy atom. The summed E-state index contributed by atoms with van der Waals surface area (Å²) in [6.07, 6.45) is 5.97. The van der Waals surface area contributed by atoms with Crippen LogP contribution < -0.4 is 0 Å². The minimum atomic E-state index is -0.910. The summed E-state index contributed by atoms with van der Waals surface area (Å²) >= 11 is 6.23. The molecule has 0 amide bonds. The lowest BCUT2D eigenvalue weighted by atomic mass is 9.94. The van der Waals surface area contributed by atoms with Gasteiger partial charge in [0, 0.05) is 34.5 Å². The average molecular weight is 470 g/mol. The maximum atomic E-state index is 13.3. The Bertz CT molecular complexity index is 1090. The van der Waals surface area contributed by atoms with Gasteiger partial charge in [-0.3, -0.25) is 9.59 Å². The Labute approximate surface area is 200 Å². The average Bonchev–Trinajstić information content (AvgIpc) is 3.08. The summed E-state index contributed by atoms with van der Waals surface area (Å²) in [6.45, 7) is 1.55. The van der Waals surface area contributed by atoms with Crippen LogP contribution in [0.25, 0.3) is 10.9 Å². The molecule has 0 aliphatic heterocycles. The van der Waals surface area contributed by atoms with Crippen molar-refractivity contribution < 1.29 is 19.8 Å². The second-order valence-electron chi connectivity index (χ2n) is 8.78. The number of Topliss-reactive ketones (excluding diaryl/α,β-unsaturated/α-hetero) is 1. The number of aliphatic hydroxyl groups is 1. The molecular formula is C27H32ClNO4. The lowest BCUT2D eigenvalue weighted by Gasteiger charge is -2.11. The maximum absolute atomic E-state index is 13.3. The number of carboxylic acid groups (broad SMARTS) is 1. The number of carboxylic acids is 1. The predicted molar refractivity (Wildman–Crippen MR) is 132 cm³/mol. The van der Waals surface area contributed by atoms with E-state index in [0.717, 1.165) is 48.7 Å². The highest BCUT2D eigenvalue weighted by atomic mass is 35.5. The van der Waals surface area contributed by atoms with Crippen LogP contribution in [0.15, 0.2) is 48.5 Å². The molecule has 33 heavy (non-hydrogen) atoms. The van der Waals surface area contributed by atoms with E-state index in [2.05, 4.69) is 24.3 Å². The molecule has 0 saturated heterocycles. The van der Waals surface area contributed by atoms with E-state index in [4.69, 9.17) is 16.7 Å². The summed E-state index contributed by atoms with van der Waals surface area (Å²) in [5.41, 5.74) is 3.50. The van der Waals surface area contributed by atoms with Crippen LogP contribution in [0.4, 0.5) is 0 Å². The number of aliphatic carboxylic acids is 1. The van der Waals surface area contributed by atoms with Crippen molar-refractivity contribution in [3.05, 3.63) is 70.4 Å². The van der Waals surface area contributed by atoms with Gasteiger partial charge >= 0.3 is 5.97 Å². The van der Waals surface area contributed by atoms with E-state index >= 15 is 0 Å². The van der Waals surface area contributed by atoms with Crippen molar-refractivity contribution in [2.45, 2.75) is 65.0 Å². The van der Waals surface area contributed by atoms with Crippen LogP contribution in [0.5, 0.6) is 0 Å². The van der Waals surface area contributed by atoms with Gasteiger partial charge in [0.2, 0.25) is 0 Å². The molecule has 0 spiro atoms. The van der Waals surface area contributed by atoms with Crippen LogP contribution in [-0.4, -0.2) is 26.5 Å². The summed E-state index contributed by atoms with van der Waals surface area (Å²) in [5, 5.41) is 20.4. The first-order valence-electron chi connectivity index (χ1n) is 11.6. The molecule has 2 N–H and O–H groups in total. The van der Waals surface area contributed by atoms with Gasteiger partial charge in [-0.1, -0.05) is 61.7 Å². The van der Waals surface area contributed by atoms with Crippen molar-refractivity contribution in [1.29, 1.82) is 0 Å². The molecule has 2 aromatic carbocycles. The number of aryl methyl sites for hydroxylation is 1. The highest BCUT2D eigenvalue weighted by molar-refractivity contribution is 6.31. The van der Waals surface area contributed by atoms with Crippen LogP contribution >= 0.6 is 11.6 Å². The topological polar surface area (TPSA) is 79.5 Å². The summed E-state index contributed by atoms with van der Waals surface area (Å²) in [5.74, 6) is -1.28. The Morgan fingerprint density at radius 2 is 1.67 bits per heavy atom. The Balaban J connectivity index is 1.74. The molecule has 176 valence electrons. The highest BCUT2D eigenvalue weighted by Gasteiger charge is 2.24. The van der Waals surface area contributed by atoms with Gasteiger partial charge in [0.25, 0.3) is 0 Å². The quantitative estimate of drug-likeness (QED) is 0.228. The maximum Gasteiger partial charge on any atom is 0.303 e. The number of ketones is 1. The van der Waals surface area contributed by atoms with Gasteiger partial charge in [-0.2, -0.15) is 0 Å². The minimum Gasteiger partial charge on any atom is -0.481 e. The zero-order valence-electron chi connectivity index (χ0n) is 19.1. The first kappa shape index (κ1) is 25.0. The number of hydrogen-bond donors (Lipinski definition) is 2. The van der Waals surface area contributed by atoms with Crippen molar-refractivity contribution in [2.75, 3.05) is 0 Å². The summed E-state index contributed by atoms with van der Waals surface area (Å²) in [4.78, 5) is 24.3. The standard InChI is InChI=1S/C27H32ClNO4/c1-19(16-26(32)33)15-25(31)27-22-17-21(28)13-14-23(22)29(18-30)24(27)12-8-3-2-5-9-20-10-6-4-7-11-20/h4,6-7,10-11,13-14,17,19,30H,2-3,5,8-9,12,15-16,18H2,1H3,(H,32,33)/t19-/m0/s1. The number of carbonyl (C=O) groups excluding carboxylic acids is 1. The number of hydrogen-bond acceptors (Lipinski definition) is 3. The van der Waals surface area contributed by atoms with Gasteiger partial charge in [-0.25, -0.2) is 0 Å². The zero-order valence-corrected chi connectivity index (χ0v) is 19.9. The molecule has 1 atom stereocenters. The van der Waals surface area contributed by atoms with Crippen molar-refractivity contribution in [3.8, 4) is 0 Å². The largest absolute Gasteiger partial charge is 0.481 e. The molecule has 3 aromatic rings. The SMILES string of the molecule is C[C@H](CC(=O)O)CC(=O)c1c(CCCCCCc2ccccc2)n(CO)c2ccc(Cl)cc12. The first-order chi connectivity index (χ1) is 15.9. The smallest absolute Gasteiger partial charge is 0.303 e. The summed E-state index contributed by atoms with van der Waals surface area (Å²) < 4.78 is 1.78. The zero-order chi connectivity index (χ0) is 23.8. The molecule has 3 rings (SSSR count). The number of aromatic nitrogens is 1. The molecule has 5 nitrogen and oxygen atoms in total.